The summed E-state index contributed by atoms with van der Waals surface area (Å²) in [6.07, 6.45) is 0. The molecule has 0 atom stereocenters. The van der Waals surface area contributed by atoms with Crippen LogP contribution < -0.4 is 0 Å². The summed E-state index contributed by atoms with van der Waals surface area (Å²) in [5.74, 6) is -5.71. The number of hydrogen-bond donors (Lipinski definition) is 2. The summed E-state index contributed by atoms with van der Waals surface area (Å²) in [6, 6.07) is 0. The Morgan fingerprint density at radius 3 is 1.11 bits per heavy atom. The van der Waals surface area contributed by atoms with Gasteiger partial charge >= 0.3 is 17.7 Å². The largest absolute Gasteiger partial charge is 0.475 e. The van der Waals surface area contributed by atoms with Gasteiger partial charge in [0.15, 0.2) is 0 Å². The number of carboxylic acids is 2. The zero-order valence-corrected chi connectivity index (χ0v) is 7.26. The van der Waals surface area contributed by atoms with E-state index in [1.54, 1.807) is 0 Å². The predicted octanol–water partition coefficient (Wildman–Crippen LogP) is -1.28. The van der Waals surface area contributed by atoms with Gasteiger partial charge in [-0.1, -0.05) is 0 Å². The van der Waals surface area contributed by atoms with E-state index in [4.69, 9.17) is 10.2 Å². The molecule has 6 heteroatoms. The van der Waals surface area contributed by atoms with Crippen molar-refractivity contribution in [1.29, 1.82) is 0 Å². The Kier molecular flexibility index (Phi) is 6.30. The molecule has 0 amide bonds. The Labute approximate surface area is 83.4 Å². The van der Waals surface area contributed by atoms with Crippen LogP contribution in [0.5, 0.6) is 0 Å². The van der Waals surface area contributed by atoms with Crippen molar-refractivity contribution < 1.29 is 66.3 Å². The van der Waals surface area contributed by atoms with E-state index in [9.17, 15) is 14.4 Å². The second-order valence-corrected chi connectivity index (χ2v) is 0.939. The van der Waals surface area contributed by atoms with Gasteiger partial charge in [0.1, 0.15) is 0 Å². The molecule has 0 saturated carbocycles. The summed E-state index contributed by atoms with van der Waals surface area (Å²) < 4.78 is 0. The molecule has 0 unspecified atom stereocenters. The van der Waals surface area contributed by atoms with Gasteiger partial charge in [-0.15, -0.1) is 0 Å². The fraction of sp³-hybridized carbons (Fsp3) is 0. The average molecular weight is 258 g/mol. The van der Waals surface area contributed by atoms with Crippen molar-refractivity contribution >= 4 is 17.7 Å². The molecule has 0 bridgehead atoms. The van der Waals surface area contributed by atoms with E-state index < -0.39 is 17.7 Å². The van der Waals surface area contributed by atoms with E-state index >= 15 is 0 Å². The molecule has 0 fully saturated rings. The zero-order valence-electron chi connectivity index (χ0n) is 4.12. The van der Waals surface area contributed by atoms with Crippen molar-refractivity contribution in [1.82, 2.24) is 0 Å². The molecule has 9 heavy (non-hydrogen) atoms. The number of hydrogen-bond acceptors (Lipinski definition) is 3. The summed E-state index contributed by atoms with van der Waals surface area (Å²) >= 11 is 0. The second-order valence-electron chi connectivity index (χ2n) is 0.939. The van der Waals surface area contributed by atoms with Gasteiger partial charge in [0.05, 0.1) is 0 Å². The third-order valence-corrected chi connectivity index (χ3v) is 0.388. The van der Waals surface area contributed by atoms with Gasteiger partial charge < -0.3 is 10.2 Å². The van der Waals surface area contributed by atoms with E-state index in [-0.39, 0.29) is 41.7 Å². The van der Waals surface area contributed by atoms with E-state index in [0.717, 1.165) is 0 Å². The minimum atomic E-state index is -1.95. The fourth-order valence-corrected chi connectivity index (χ4v) is 0.0915. The Morgan fingerprint density at radius 2 is 1.11 bits per heavy atom. The monoisotopic (exact) mass is 258 g/mol. The quantitative estimate of drug-likeness (QED) is 0.475. The Morgan fingerprint density at radius 1 is 0.889 bits per heavy atom. The van der Waals surface area contributed by atoms with Crippen molar-refractivity contribution in [3.8, 4) is 0 Å². The average Bonchev–Trinajstić information content (AvgIpc) is 1.64. The van der Waals surface area contributed by atoms with Crippen LogP contribution in [0.4, 0.5) is 0 Å². The number of Topliss-reactive ketones (excluding diaryl/α,β-unsaturated/α-hetero) is 1. The standard InChI is InChI=1S/C3H2O5.Ce/c4-1(2(5)6)3(7)8;/h(H,5,6)(H,7,8);. The molecule has 0 aliphatic rings. The van der Waals surface area contributed by atoms with Crippen molar-refractivity contribution in [3.05, 3.63) is 0 Å². The van der Waals surface area contributed by atoms with Crippen LogP contribution in [0.3, 0.4) is 0 Å². The molecular formula is C3H2CeO5. The topological polar surface area (TPSA) is 91.7 Å². The van der Waals surface area contributed by atoms with Crippen LogP contribution in [0.25, 0.3) is 0 Å². The number of carbonyl (C=O) groups is 3. The molecule has 5 nitrogen and oxygen atoms in total. The molecule has 0 heterocycles. The molecular weight excluding hydrogens is 256 g/mol. The van der Waals surface area contributed by atoms with Crippen molar-refractivity contribution in [2.45, 2.75) is 0 Å². The summed E-state index contributed by atoms with van der Waals surface area (Å²) in [4.78, 5) is 28.5. The number of rotatable bonds is 2. The maximum atomic E-state index is 9.64. The Balaban J connectivity index is 0. The van der Waals surface area contributed by atoms with Gasteiger partial charge in [-0.3, -0.25) is 4.79 Å². The van der Waals surface area contributed by atoms with Crippen LogP contribution in [0.1, 0.15) is 0 Å². The first-order valence-electron chi connectivity index (χ1n) is 1.56. The molecule has 0 radical (unpaired) electrons. The predicted molar refractivity (Wildman–Crippen MR) is 20.3 cm³/mol. The maximum Gasteiger partial charge on any atom is 0.384 e. The molecule has 0 aliphatic heterocycles. The normalized spacial score (nSPS) is 7.11. The van der Waals surface area contributed by atoms with Crippen molar-refractivity contribution in [3.63, 3.8) is 0 Å². The van der Waals surface area contributed by atoms with Gasteiger partial charge in [0.25, 0.3) is 0 Å². The van der Waals surface area contributed by atoms with Crippen LogP contribution in [0.2, 0.25) is 0 Å². The molecule has 0 aromatic carbocycles. The Bertz CT molecular complexity index is 134. The molecule has 0 saturated heterocycles. The molecule has 0 aliphatic carbocycles. The van der Waals surface area contributed by atoms with Crippen LogP contribution in [-0.4, -0.2) is 27.9 Å². The van der Waals surface area contributed by atoms with Crippen LogP contribution in [0, 0.1) is 41.7 Å². The molecule has 0 spiro atoms. The molecule has 0 aromatic heterocycles. The van der Waals surface area contributed by atoms with E-state index in [1.165, 1.54) is 0 Å². The molecule has 2 N–H and O–H groups in total. The van der Waals surface area contributed by atoms with E-state index in [1.807, 2.05) is 0 Å². The first kappa shape index (κ1) is 11.7. The number of ketones is 1. The summed E-state index contributed by atoms with van der Waals surface area (Å²) in [5.41, 5.74) is 0. The number of carboxylic acid groups (broad SMARTS) is 2. The first-order chi connectivity index (χ1) is 3.55. The second kappa shape index (κ2) is 4.83. The van der Waals surface area contributed by atoms with Crippen LogP contribution >= 0.6 is 0 Å². The van der Waals surface area contributed by atoms with Crippen molar-refractivity contribution in [2.24, 2.45) is 0 Å². The van der Waals surface area contributed by atoms with Gasteiger partial charge in [-0.2, -0.15) is 0 Å². The molecule has 0 aromatic rings. The summed E-state index contributed by atoms with van der Waals surface area (Å²) in [5, 5.41) is 15.2. The van der Waals surface area contributed by atoms with E-state index in [0.29, 0.717) is 0 Å². The smallest absolute Gasteiger partial charge is 0.384 e. The molecule has 0 rings (SSSR count). The Hall–Kier alpha value is -0.0134. The third-order valence-electron chi connectivity index (χ3n) is 0.388. The zero-order chi connectivity index (χ0) is 6.73. The minimum Gasteiger partial charge on any atom is -0.475 e. The number of carbonyl (C=O) groups excluding carboxylic acids is 1. The number of aliphatic carboxylic acids is 2. The van der Waals surface area contributed by atoms with Gasteiger partial charge in [0, 0.05) is 41.7 Å². The van der Waals surface area contributed by atoms with Gasteiger partial charge in [-0.25, -0.2) is 9.59 Å². The van der Waals surface area contributed by atoms with Crippen LogP contribution in [0.15, 0.2) is 0 Å². The summed E-state index contributed by atoms with van der Waals surface area (Å²) in [7, 11) is 0. The minimum absolute atomic E-state index is 0. The van der Waals surface area contributed by atoms with Gasteiger partial charge in [-0.05, 0) is 0 Å². The first-order valence-corrected chi connectivity index (χ1v) is 1.56. The SMILES string of the molecule is O=C(O)C(=O)C(=O)O.[Ce]. The third kappa shape index (κ3) is 4.49. The molecule has 48 valence electrons. The van der Waals surface area contributed by atoms with Crippen LogP contribution in [-0.2, 0) is 14.4 Å². The fourth-order valence-electron chi connectivity index (χ4n) is 0.0915. The maximum absolute atomic E-state index is 9.64. The van der Waals surface area contributed by atoms with E-state index in [2.05, 4.69) is 0 Å². The summed E-state index contributed by atoms with van der Waals surface area (Å²) in [6.45, 7) is 0. The van der Waals surface area contributed by atoms with Crippen molar-refractivity contribution in [2.75, 3.05) is 0 Å². The van der Waals surface area contributed by atoms with Gasteiger partial charge in [0.2, 0.25) is 0 Å².